The first-order chi connectivity index (χ1) is 15.8. The average Bonchev–Trinajstić information content (AvgIpc) is 3.16. The summed E-state index contributed by atoms with van der Waals surface area (Å²) in [5, 5.41) is 2.33. The van der Waals surface area contributed by atoms with Crippen molar-refractivity contribution in [2.45, 2.75) is 58.0 Å². The first kappa shape index (κ1) is 24.9. The number of alkyl halides is 3. The van der Waals surface area contributed by atoms with Crippen molar-refractivity contribution in [2.75, 3.05) is 12.4 Å². The van der Waals surface area contributed by atoms with Crippen molar-refractivity contribution in [1.29, 1.82) is 0 Å². The second-order valence-corrected chi connectivity index (χ2v) is 8.56. The van der Waals surface area contributed by atoms with Crippen molar-refractivity contribution in [1.82, 2.24) is 15.0 Å². The van der Waals surface area contributed by atoms with Crippen molar-refractivity contribution in [3.05, 3.63) is 46.9 Å². The van der Waals surface area contributed by atoms with Gasteiger partial charge in [-0.15, -0.1) is 0 Å². The number of methoxy groups -OCH3 is 1. The second kappa shape index (κ2) is 11.4. The van der Waals surface area contributed by atoms with Crippen LogP contribution in [0.25, 0.3) is 11.3 Å². The number of hydrogen-bond donors (Lipinski definition) is 1. The number of unbranched alkanes of at least 4 members (excludes halogenated alkanes) is 5. The zero-order chi connectivity index (χ0) is 23.8. The van der Waals surface area contributed by atoms with Crippen LogP contribution in [-0.2, 0) is 12.6 Å². The van der Waals surface area contributed by atoms with Gasteiger partial charge in [-0.25, -0.2) is 15.0 Å². The molecule has 3 rings (SSSR count). The summed E-state index contributed by atoms with van der Waals surface area (Å²) in [5.74, 6) is 0. The van der Waals surface area contributed by atoms with Crippen LogP contribution in [0.5, 0.6) is 6.01 Å². The van der Waals surface area contributed by atoms with Gasteiger partial charge in [-0.05, 0) is 30.5 Å². The summed E-state index contributed by atoms with van der Waals surface area (Å²) < 4.78 is 60.3. The van der Waals surface area contributed by atoms with E-state index < -0.39 is 16.9 Å². The van der Waals surface area contributed by atoms with Gasteiger partial charge in [0, 0.05) is 23.6 Å². The summed E-state index contributed by atoms with van der Waals surface area (Å²) in [6, 6.07) is 4.24. The van der Waals surface area contributed by atoms with Crippen LogP contribution in [0.3, 0.4) is 0 Å². The number of hydrogen-bond acceptors (Lipinski definition) is 6. The van der Waals surface area contributed by atoms with Crippen molar-refractivity contribution in [3.8, 4) is 17.3 Å². The van der Waals surface area contributed by atoms with Crippen LogP contribution in [-0.4, -0.2) is 22.1 Å². The Bertz CT molecular complexity index is 1040. The van der Waals surface area contributed by atoms with E-state index in [-0.39, 0.29) is 28.1 Å². The number of thiazole rings is 1. The van der Waals surface area contributed by atoms with Crippen LogP contribution in [0, 0.1) is 5.13 Å². The van der Waals surface area contributed by atoms with Crippen molar-refractivity contribution in [3.63, 3.8) is 0 Å². The number of aryl methyl sites for hydroxylation is 1. The Hall–Kier alpha value is -2.75. The van der Waals surface area contributed by atoms with Crippen LogP contribution in [0.4, 0.5) is 28.4 Å². The van der Waals surface area contributed by atoms with Gasteiger partial charge in [0.1, 0.15) is 5.69 Å². The number of ether oxygens (including phenoxy) is 1. The lowest BCUT2D eigenvalue weighted by Gasteiger charge is -2.15. The lowest BCUT2D eigenvalue weighted by molar-refractivity contribution is -0.138. The summed E-state index contributed by atoms with van der Waals surface area (Å²) in [4.78, 5) is 12.0. The summed E-state index contributed by atoms with van der Waals surface area (Å²) in [7, 11) is 1.41. The molecule has 0 atom stereocenters. The smallest absolute Gasteiger partial charge is 0.416 e. The molecular weight excluding hydrogens is 456 g/mol. The molecule has 0 radical (unpaired) electrons. The van der Waals surface area contributed by atoms with Gasteiger partial charge in [-0.3, -0.25) is 0 Å². The Morgan fingerprint density at radius 3 is 2.39 bits per heavy atom. The maximum atomic E-state index is 14.4. The van der Waals surface area contributed by atoms with E-state index in [1.165, 1.54) is 25.6 Å². The number of halogens is 4. The molecule has 0 bridgehead atoms. The number of benzene rings is 1. The summed E-state index contributed by atoms with van der Waals surface area (Å²) >= 11 is 0.698. The Morgan fingerprint density at radius 1 is 1.03 bits per heavy atom. The molecule has 2 aromatic heterocycles. The Labute approximate surface area is 194 Å². The quantitative estimate of drug-likeness (QED) is 0.228. The predicted molar refractivity (Wildman–Crippen MR) is 121 cm³/mol. The highest BCUT2D eigenvalue weighted by molar-refractivity contribution is 7.14. The Kier molecular flexibility index (Phi) is 8.60. The highest BCUT2D eigenvalue weighted by Crippen LogP contribution is 2.36. The molecule has 3 aromatic rings. The molecule has 33 heavy (non-hydrogen) atoms. The molecule has 0 saturated heterocycles. The molecule has 0 aliphatic carbocycles. The zero-order valence-electron chi connectivity index (χ0n) is 18.5. The molecule has 0 unspecified atom stereocenters. The minimum Gasteiger partial charge on any atom is -0.467 e. The Morgan fingerprint density at radius 2 is 1.73 bits per heavy atom. The zero-order valence-corrected chi connectivity index (χ0v) is 19.3. The number of anilines is 2. The summed E-state index contributed by atoms with van der Waals surface area (Å²) in [6.45, 7) is 2.12. The van der Waals surface area contributed by atoms with Gasteiger partial charge >= 0.3 is 12.2 Å². The fourth-order valence-corrected chi connectivity index (χ4v) is 4.17. The third kappa shape index (κ3) is 6.86. The average molecular weight is 483 g/mol. The monoisotopic (exact) mass is 482 g/mol. The summed E-state index contributed by atoms with van der Waals surface area (Å²) in [5.41, 5.74) is 0.135. The number of nitrogens with zero attached hydrogens (tertiary/aromatic N) is 3. The van der Waals surface area contributed by atoms with E-state index in [2.05, 4.69) is 27.2 Å². The normalized spacial score (nSPS) is 11.6. The van der Waals surface area contributed by atoms with Gasteiger partial charge in [0.25, 0.3) is 0 Å². The molecule has 0 aliphatic rings. The molecule has 0 amide bonds. The third-order valence-corrected chi connectivity index (χ3v) is 5.90. The van der Waals surface area contributed by atoms with Gasteiger partial charge in [-0.1, -0.05) is 56.4 Å². The fraction of sp³-hybridized carbons (Fsp3) is 0.435. The maximum absolute atomic E-state index is 14.4. The number of aromatic nitrogens is 3. The van der Waals surface area contributed by atoms with Crippen LogP contribution in [0.15, 0.2) is 30.6 Å². The van der Waals surface area contributed by atoms with Gasteiger partial charge < -0.3 is 10.1 Å². The van der Waals surface area contributed by atoms with E-state index >= 15 is 0 Å². The minimum atomic E-state index is -4.48. The lowest BCUT2D eigenvalue weighted by Crippen LogP contribution is -2.10. The van der Waals surface area contributed by atoms with Crippen LogP contribution < -0.4 is 10.1 Å². The summed E-state index contributed by atoms with van der Waals surface area (Å²) in [6.07, 6.45) is 4.68. The van der Waals surface area contributed by atoms with E-state index in [0.29, 0.717) is 29.7 Å². The first-order valence-electron chi connectivity index (χ1n) is 10.8. The van der Waals surface area contributed by atoms with Gasteiger partial charge in [-0.2, -0.15) is 17.6 Å². The third-order valence-electron chi connectivity index (χ3n) is 5.14. The van der Waals surface area contributed by atoms with Crippen LogP contribution in [0.1, 0.15) is 56.6 Å². The molecule has 0 spiro atoms. The van der Waals surface area contributed by atoms with Crippen LogP contribution >= 0.6 is 11.3 Å². The lowest BCUT2D eigenvalue weighted by atomic mass is 9.99. The predicted octanol–water partition coefficient (Wildman–Crippen LogP) is 7.41. The minimum absolute atomic E-state index is 0.0147. The fourth-order valence-electron chi connectivity index (χ4n) is 3.43. The van der Waals surface area contributed by atoms with Crippen LogP contribution in [0.2, 0.25) is 0 Å². The van der Waals surface area contributed by atoms with E-state index in [1.54, 1.807) is 6.07 Å². The maximum Gasteiger partial charge on any atom is 0.416 e. The van der Waals surface area contributed by atoms with Gasteiger partial charge in [0.15, 0.2) is 5.13 Å². The molecule has 5 nitrogen and oxygen atoms in total. The molecule has 0 aliphatic heterocycles. The van der Waals surface area contributed by atoms with Gasteiger partial charge in [0.05, 0.1) is 12.7 Å². The highest BCUT2D eigenvalue weighted by Gasteiger charge is 2.33. The molecule has 0 saturated carbocycles. The topological polar surface area (TPSA) is 59.9 Å². The second-order valence-electron chi connectivity index (χ2n) is 7.61. The number of rotatable bonds is 11. The van der Waals surface area contributed by atoms with Crippen molar-refractivity contribution in [2.24, 2.45) is 0 Å². The molecule has 1 N–H and O–H groups in total. The van der Waals surface area contributed by atoms with Crippen molar-refractivity contribution >= 4 is 22.2 Å². The van der Waals surface area contributed by atoms with Crippen molar-refractivity contribution < 1.29 is 22.3 Å². The number of nitrogens with one attached hydrogen (secondary N) is 1. The molecule has 2 heterocycles. The molecular formula is C23H26F4N4OS. The highest BCUT2D eigenvalue weighted by atomic mass is 32.1. The van der Waals surface area contributed by atoms with Gasteiger partial charge in [0.2, 0.25) is 5.13 Å². The van der Waals surface area contributed by atoms with E-state index in [9.17, 15) is 17.6 Å². The first-order valence-corrected chi connectivity index (χ1v) is 11.6. The SMILES string of the molecule is CCCCCCCCc1ccc(Nc2nc(-c3cnc(OC)nc3)c(F)s2)cc1C(F)(F)F. The standard InChI is InChI=1S/C23H26F4N4OS/c1-3-4-5-6-7-8-9-15-10-11-17(12-18(15)23(25,26)27)30-22-31-19(20(24)33-22)16-13-28-21(32-2)29-14-16/h10-14H,3-9H2,1-2H3,(H,30,31). The molecule has 178 valence electrons. The molecule has 0 fully saturated rings. The van der Waals surface area contributed by atoms with E-state index in [4.69, 9.17) is 4.74 Å². The Balaban J connectivity index is 1.73. The van der Waals surface area contributed by atoms with E-state index in [0.717, 1.165) is 38.2 Å². The molecule has 10 heteroatoms. The molecule has 1 aromatic carbocycles. The largest absolute Gasteiger partial charge is 0.467 e. The van der Waals surface area contributed by atoms with E-state index in [1.807, 2.05) is 0 Å².